The van der Waals surface area contributed by atoms with Crippen LogP contribution in [0.5, 0.6) is 0 Å². The van der Waals surface area contributed by atoms with E-state index in [1.54, 1.807) is 0 Å². The Bertz CT molecular complexity index is 383. The van der Waals surface area contributed by atoms with E-state index < -0.39 is 0 Å². The number of benzene rings is 1. The molecule has 1 aliphatic carbocycles. The molecule has 0 bridgehead atoms. The molecule has 2 nitrogen and oxygen atoms in total. The van der Waals surface area contributed by atoms with Gasteiger partial charge < -0.3 is 10.4 Å². The van der Waals surface area contributed by atoms with Crippen LogP contribution in [0.25, 0.3) is 0 Å². The van der Waals surface area contributed by atoms with Crippen LogP contribution in [0.1, 0.15) is 43.2 Å². The van der Waals surface area contributed by atoms with Crippen molar-refractivity contribution >= 4 is 0 Å². The third-order valence-corrected chi connectivity index (χ3v) is 4.58. The Morgan fingerprint density at radius 2 is 1.89 bits per heavy atom. The average molecular weight is 261 g/mol. The molecule has 0 heterocycles. The normalized spacial score (nSPS) is 18.4. The van der Waals surface area contributed by atoms with Gasteiger partial charge in [-0.2, -0.15) is 0 Å². The molecule has 0 spiro atoms. The third-order valence-electron chi connectivity index (χ3n) is 4.58. The van der Waals surface area contributed by atoms with Gasteiger partial charge in [-0.1, -0.05) is 43.5 Å². The second-order valence-corrected chi connectivity index (χ2v) is 6.07. The van der Waals surface area contributed by atoms with E-state index in [2.05, 4.69) is 36.5 Å². The van der Waals surface area contributed by atoms with Crippen LogP contribution in [0.3, 0.4) is 0 Å². The summed E-state index contributed by atoms with van der Waals surface area (Å²) in [6.07, 6.45) is 7.33. The molecule has 1 aliphatic rings. The highest BCUT2D eigenvalue weighted by Crippen LogP contribution is 2.35. The molecular formula is C17H27NO. The van der Waals surface area contributed by atoms with Crippen LogP contribution in [0.2, 0.25) is 0 Å². The molecule has 0 radical (unpaired) electrons. The summed E-state index contributed by atoms with van der Waals surface area (Å²) in [5, 5.41) is 13.2. The predicted molar refractivity (Wildman–Crippen MR) is 80.4 cm³/mol. The van der Waals surface area contributed by atoms with Gasteiger partial charge >= 0.3 is 0 Å². The molecule has 2 N–H and O–H groups in total. The van der Waals surface area contributed by atoms with E-state index in [-0.39, 0.29) is 5.41 Å². The van der Waals surface area contributed by atoms with Crippen molar-refractivity contribution in [2.45, 2.75) is 45.4 Å². The Morgan fingerprint density at radius 3 is 2.58 bits per heavy atom. The van der Waals surface area contributed by atoms with E-state index in [0.29, 0.717) is 6.61 Å². The molecule has 0 amide bonds. The van der Waals surface area contributed by atoms with Crippen LogP contribution in [0, 0.1) is 12.3 Å². The molecule has 1 saturated carbocycles. The Labute approximate surface area is 117 Å². The van der Waals surface area contributed by atoms with Gasteiger partial charge in [0.15, 0.2) is 0 Å². The lowest BCUT2D eigenvalue weighted by molar-refractivity contribution is 0.0816. The summed E-state index contributed by atoms with van der Waals surface area (Å²) in [6, 6.07) is 8.58. The lowest BCUT2D eigenvalue weighted by Crippen LogP contribution is -2.39. The second kappa shape index (κ2) is 7.06. The monoisotopic (exact) mass is 261 g/mol. The van der Waals surface area contributed by atoms with Crippen LogP contribution >= 0.6 is 0 Å². The van der Waals surface area contributed by atoms with E-state index in [0.717, 1.165) is 19.5 Å². The van der Waals surface area contributed by atoms with Crippen molar-refractivity contribution < 1.29 is 5.11 Å². The lowest BCUT2D eigenvalue weighted by Gasteiger charge is -2.35. The molecule has 0 unspecified atom stereocenters. The maximum Gasteiger partial charge on any atom is 0.0499 e. The summed E-state index contributed by atoms with van der Waals surface area (Å²) in [4.78, 5) is 0. The number of aliphatic hydroxyl groups is 1. The Morgan fingerprint density at radius 1 is 1.16 bits per heavy atom. The molecular weight excluding hydrogens is 234 g/mol. The van der Waals surface area contributed by atoms with Gasteiger partial charge in [0.25, 0.3) is 0 Å². The number of hydrogen-bond donors (Lipinski definition) is 2. The molecule has 2 rings (SSSR count). The molecule has 19 heavy (non-hydrogen) atoms. The van der Waals surface area contributed by atoms with Crippen molar-refractivity contribution in [3.8, 4) is 0 Å². The fraction of sp³-hybridized carbons (Fsp3) is 0.647. The molecule has 1 fully saturated rings. The zero-order valence-electron chi connectivity index (χ0n) is 12.1. The topological polar surface area (TPSA) is 32.3 Å². The minimum absolute atomic E-state index is 0.157. The van der Waals surface area contributed by atoms with Gasteiger partial charge in [-0.25, -0.2) is 0 Å². The first kappa shape index (κ1) is 14.5. The standard InChI is InChI=1S/C17H27NO/c1-15-7-3-4-8-16(15)9-12-18-13-17(14-19)10-5-2-6-11-17/h3-4,7-8,18-19H,2,5-6,9-14H2,1H3. The van der Waals surface area contributed by atoms with Crippen molar-refractivity contribution in [1.82, 2.24) is 5.32 Å². The van der Waals surface area contributed by atoms with Gasteiger partial charge in [0, 0.05) is 18.6 Å². The average Bonchev–Trinajstić information content (AvgIpc) is 2.46. The first-order valence-electron chi connectivity index (χ1n) is 7.62. The molecule has 106 valence electrons. The van der Waals surface area contributed by atoms with Gasteiger partial charge in [-0.05, 0) is 43.9 Å². The molecule has 1 aromatic carbocycles. The molecule has 1 aromatic rings. The van der Waals surface area contributed by atoms with E-state index >= 15 is 0 Å². The number of nitrogens with one attached hydrogen (secondary N) is 1. The van der Waals surface area contributed by atoms with E-state index in [1.165, 1.54) is 43.2 Å². The smallest absolute Gasteiger partial charge is 0.0499 e. The number of aryl methyl sites for hydroxylation is 1. The van der Waals surface area contributed by atoms with E-state index in [1.807, 2.05) is 0 Å². The summed E-state index contributed by atoms with van der Waals surface area (Å²) in [5.74, 6) is 0. The van der Waals surface area contributed by atoms with Crippen LogP contribution in [0.15, 0.2) is 24.3 Å². The van der Waals surface area contributed by atoms with Crippen molar-refractivity contribution in [3.63, 3.8) is 0 Å². The summed E-state index contributed by atoms with van der Waals surface area (Å²) in [5.41, 5.74) is 2.96. The van der Waals surface area contributed by atoms with Crippen molar-refractivity contribution in [1.29, 1.82) is 0 Å². The molecule has 0 atom stereocenters. The van der Waals surface area contributed by atoms with Gasteiger partial charge in [-0.15, -0.1) is 0 Å². The fourth-order valence-electron chi connectivity index (χ4n) is 3.16. The highest BCUT2D eigenvalue weighted by molar-refractivity contribution is 5.25. The predicted octanol–water partition coefficient (Wildman–Crippen LogP) is 3.07. The fourth-order valence-corrected chi connectivity index (χ4v) is 3.16. The lowest BCUT2D eigenvalue weighted by atomic mass is 9.74. The van der Waals surface area contributed by atoms with Crippen LogP contribution in [0.4, 0.5) is 0 Å². The number of hydrogen-bond acceptors (Lipinski definition) is 2. The van der Waals surface area contributed by atoms with Crippen LogP contribution in [-0.4, -0.2) is 24.8 Å². The first-order chi connectivity index (χ1) is 9.26. The Balaban J connectivity index is 1.75. The maximum atomic E-state index is 9.66. The van der Waals surface area contributed by atoms with Gasteiger partial charge in [0.2, 0.25) is 0 Å². The zero-order chi connectivity index (χ0) is 13.6. The summed E-state index contributed by atoms with van der Waals surface area (Å²) >= 11 is 0. The second-order valence-electron chi connectivity index (χ2n) is 6.07. The molecule has 0 aliphatic heterocycles. The Hall–Kier alpha value is -0.860. The van der Waals surface area contributed by atoms with Gasteiger partial charge in [0.05, 0.1) is 0 Å². The first-order valence-corrected chi connectivity index (χ1v) is 7.62. The maximum absolute atomic E-state index is 9.66. The highest BCUT2D eigenvalue weighted by Gasteiger charge is 2.30. The van der Waals surface area contributed by atoms with Gasteiger partial charge in [0.1, 0.15) is 0 Å². The highest BCUT2D eigenvalue weighted by atomic mass is 16.3. The van der Waals surface area contributed by atoms with Crippen LogP contribution < -0.4 is 5.32 Å². The quantitative estimate of drug-likeness (QED) is 0.771. The largest absolute Gasteiger partial charge is 0.396 e. The molecule has 0 saturated heterocycles. The van der Waals surface area contributed by atoms with Crippen molar-refractivity contribution in [2.24, 2.45) is 5.41 Å². The molecule has 0 aromatic heterocycles. The van der Waals surface area contributed by atoms with Crippen molar-refractivity contribution in [3.05, 3.63) is 35.4 Å². The summed E-state index contributed by atoms with van der Waals surface area (Å²) in [6.45, 7) is 4.48. The summed E-state index contributed by atoms with van der Waals surface area (Å²) in [7, 11) is 0. The minimum atomic E-state index is 0.157. The van der Waals surface area contributed by atoms with Crippen LogP contribution in [-0.2, 0) is 6.42 Å². The Kier molecular flexibility index (Phi) is 5.41. The number of rotatable bonds is 6. The minimum Gasteiger partial charge on any atom is -0.396 e. The van der Waals surface area contributed by atoms with E-state index in [9.17, 15) is 5.11 Å². The van der Waals surface area contributed by atoms with Crippen molar-refractivity contribution in [2.75, 3.05) is 19.7 Å². The zero-order valence-corrected chi connectivity index (χ0v) is 12.1. The van der Waals surface area contributed by atoms with Gasteiger partial charge in [-0.3, -0.25) is 0 Å². The van der Waals surface area contributed by atoms with E-state index in [4.69, 9.17) is 0 Å². The number of aliphatic hydroxyl groups excluding tert-OH is 1. The third kappa shape index (κ3) is 4.05. The summed E-state index contributed by atoms with van der Waals surface area (Å²) < 4.78 is 0. The SMILES string of the molecule is Cc1ccccc1CCNCC1(CO)CCCCC1. The molecule has 2 heteroatoms.